The molecule has 3 N–H and O–H groups in total. The molecule has 0 aromatic carbocycles. The molecule has 0 saturated heterocycles. The summed E-state index contributed by atoms with van der Waals surface area (Å²) in [6.45, 7) is 5.62. The van der Waals surface area contributed by atoms with Gasteiger partial charge in [0.1, 0.15) is 0 Å². The average molecular weight is 251 g/mol. The van der Waals surface area contributed by atoms with Crippen molar-refractivity contribution in [2.24, 2.45) is 11.7 Å². The first-order valence-corrected chi connectivity index (χ1v) is 5.71. The van der Waals surface area contributed by atoms with Crippen molar-refractivity contribution in [2.45, 2.75) is 38.6 Å². The first-order chi connectivity index (χ1) is 7.12. The van der Waals surface area contributed by atoms with Crippen LogP contribution in [-0.4, -0.2) is 31.2 Å². The van der Waals surface area contributed by atoms with Crippen molar-refractivity contribution in [3.63, 3.8) is 0 Å². The van der Waals surface area contributed by atoms with E-state index in [-0.39, 0.29) is 23.9 Å². The maximum absolute atomic E-state index is 11.6. The highest BCUT2D eigenvalue weighted by atomic mass is 35.5. The van der Waals surface area contributed by atoms with E-state index in [1.165, 1.54) is 12.8 Å². The van der Waals surface area contributed by atoms with Gasteiger partial charge in [0.15, 0.2) is 0 Å². The van der Waals surface area contributed by atoms with Gasteiger partial charge in [-0.1, -0.05) is 0 Å². The Morgan fingerprint density at radius 3 is 2.62 bits per heavy atom. The van der Waals surface area contributed by atoms with Crippen molar-refractivity contribution in [3.8, 4) is 0 Å². The minimum atomic E-state index is -0.205. The summed E-state index contributed by atoms with van der Waals surface area (Å²) in [6, 6.07) is 0. The van der Waals surface area contributed by atoms with Crippen LogP contribution >= 0.6 is 12.4 Å². The SMILES string of the molecule is CCOCCC(=O)NC(C)(CN)C1CC1.Cl. The number of amides is 1. The summed E-state index contributed by atoms with van der Waals surface area (Å²) in [6.07, 6.45) is 2.79. The van der Waals surface area contributed by atoms with Crippen molar-refractivity contribution in [3.05, 3.63) is 0 Å². The highest BCUT2D eigenvalue weighted by molar-refractivity contribution is 5.85. The minimum Gasteiger partial charge on any atom is -0.381 e. The van der Waals surface area contributed by atoms with Gasteiger partial charge >= 0.3 is 0 Å². The fourth-order valence-electron chi connectivity index (χ4n) is 1.73. The first-order valence-electron chi connectivity index (χ1n) is 5.71. The molecule has 0 aromatic rings. The Bertz CT molecular complexity index is 222. The van der Waals surface area contributed by atoms with Gasteiger partial charge in [-0.15, -0.1) is 12.4 Å². The number of nitrogens with two attached hydrogens (primary N) is 1. The summed E-state index contributed by atoms with van der Waals surface area (Å²) in [5.74, 6) is 0.613. The summed E-state index contributed by atoms with van der Waals surface area (Å²) in [5, 5.41) is 3.02. The monoisotopic (exact) mass is 250 g/mol. The lowest BCUT2D eigenvalue weighted by Gasteiger charge is -2.29. The standard InChI is InChI=1S/C11H22N2O2.ClH/c1-3-15-7-6-10(14)13-11(2,8-12)9-4-5-9;/h9H,3-8,12H2,1-2H3,(H,13,14);1H. The summed E-state index contributed by atoms with van der Waals surface area (Å²) in [5.41, 5.74) is 5.50. The number of hydrogen-bond acceptors (Lipinski definition) is 3. The van der Waals surface area contributed by atoms with Crippen LogP contribution in [0.4, 0.5) is 0 Å². The Hall–Kier alpha value is -0.320. The summed E-state index contributed by atoms with van der Waals surface area (Å²) >= 11 is 0. The molecule has 0 spiro atoms. The van der Waals surface area contributed by atoms with Crippen LogP contribution in [0, 0.1) is 5.92 Å². The third kappa shape index (κ3) is 4.68. The van der Waals surface area contributed by atoms with Crippen molar-refractivity contribution in [1.82, 2.24) is 5.32 Å². The molecule has 5 heteroatoms. The lowest BCUT2D eigenvalue weighted by molar-refractivity contribution is -0.124. The highest BCUT2D eigenvalue weighted by Crippen LogP contribution is 2.38. The second kappa shape index (κ2) is 7.09. The van der Waals surface area contributed by atoms with Crippen LogP contribution in [-0.2, 0) is 9.53 Å². The van der Waals surface area contributed by atoms with Crippen molar-refractivity contribution >= 4 is 18.3 Å². The zero-order chi connectivity index (χ0) is 11.3. The molecule has 1 unspecified atom stereocenters. The summed E-state index contributed by atoms with van der Waals surface area (Å²) in [4.78, 5) is 11.6. The number of halogens is 1. The number of ether oxygens (including phenoxy) is 1. The van der Waals surface area contributed by atoms with Crippen LogP contribution in [0.25, 0.3) is 0 Å². The number of carbonyl (C=O) groups excluding carboxylic acids is 1. The van der Waals surface area contributed by atoms with Crippen molar-refractivity contribution in [1.29, 1.82) is 0 Å². The van der Waals surface area contributed by atoms with Crippen molar-refractivity contribution in [2.75, 3.05) is 19.8 Å². The minimum absolute atomic E-state index is 0. The number of hydrogen-bond donors (Lipinski definition) is 2. The lowest BCUT2D eigenvalue weighted by atomic mass is 9.96. The van der Waals surface area contributed by atoms with E-state index >= 15 is 0 Å². The Kier molecular flexibility index (Phi) is 6.95. The van der Waals surface area contributed by atoms with Gasteiger partial charge in [0, 0.05) is 19.6 Å². The summed E-state index contributed by atoms with van der Waals surface area (Å²) < 4.78 is 5.14. The molecule has 4 nitrogen and oxygen atoms in total. The maximum Gasteiger partial charge on any atom is 0.222 e. The van der Waals surface area contributed by atoms with Crippen LogP contribution in [0.5, 0.6) is 0 Å². The Morgan fingerprint density at radius 1 is 1.56 bits per heavy atom. The third-order valence-corrected chi connectivity index (χ3v) is 3.00. The van der Waals surface area contributed by atoms with Crippen LogP contribution < -0.4 is 11.1 Å². The molecule has 0 aliphatic heterocycles. The lowest BCUT2D eigenvalue weighted by Crippen LogP contribution is -2.53. The van der Waals surface area contributed by atoms with E-state index in [9.17, 15) is 4.79 Å². The Morgan fingerprint density at radius 2 is 2.19 bits per heavy atom. The number of carbonyl (C=O) groups is 1. The zero-order valence-corrected chi connectivity index (χ0v) is 10.9. The average Bonchev–Trinajstić information content (AvgIpc) is 3.01. The molecule has 1 fully saturated rings. The van der Waals surface area contributed by atoms with E-state index in [1.54, 1.807) is 0 Å². The predicted octanol–water partition coefficient (Wildman–Crippen LogP) is 1.08. The molecule has 0 aromatic heterocycles. The van der Waals surface area contributed by atoms with E-state index in [0.717, 1.165) is 0 Å². The third-order valence-electron chi connectivity index (χ3n) is 3.00. The second-order valence-electron chi connectivity index (χ2n) is 4.39. The van der Waals surface area contributed by atoms with E-state index in [2.05, 4.69) is 5.32 Å². The molecule has 96 valence electrons. The molecule has 0 radical (unpaired) electrons. The normalized spacial score (nSPS) is 18.4. The Balaban J connectivity index is 0.00000225. The predicted molar refractivity (Wildman–Crippen MR) is 66.7 cm³/mol. The molecule has 1 amide bonds. The van der Waals surface area contributed by atoms with Gasteiger partial charge in [0.2, 0.25) is 5.91 Å². The van der Waals surface area contributed by atoms with Gasteiger partial charge in [0.05, 0.1) is 12.1 Å². The molecule has 1 atom stereocenters. The molecule has 1 aliphatic carbocycles. The number of nitrogens with one attached hydrogen (secondary N) is 1. The molecule has 0 bridgehead atoms. The molecular weight excluding hydrogens is 228 g/mol. The van der Waals surface area contributed by atoms with Crippen LogP contribution in [0.1, 0.15) is 33.1 Å². The molecule has 16 heavy (non-hydrogen) atoms. The molecule has 1 saturated carbocycles. The van der Waals surface area contributed by atoms with Crippen LogP contribution in [0.15, 0.2) is 0 Å². The van der Waals surface area contributed by atoms with Gasteiger partial charge in [0.25, 0.3) is 0 Å². The molecule has 1 rings (SSSR count). The smallest absolute Gasteiger partial charge is 0.222 e. The molecular formula is C11H23ClN2O2. The van der Waals surface area contributed by atoms with E-state index in [4.69, 9.17) is 10.5 Å². The summed E-state index contributed by atoms with van der Waals surface area (Å²) in [7, 11) is 0. The Labute approximate surface area is 104 Å². The van der Waals surface area contributed by atoms with Gasteiger partial charge in [-0.05, 0) is 32.6 Å². The first kappa shape index (κ1) is 15.7. The largest absolute Gasteiger partial charge is 0.381 e. The van der Waals surface area contributed by atoms with Crippen LogP contribution in [0.3, 0.4) is 0 Å². The van der Waals surface area contributed by atoms with Gasteiger partial charge in [-0.2, -0.15) is 0 Å². The van der Waals surface area contributed by atoms with Gasteiger partial charge in [-0.3, -0.25) is 4.79 Å². The van der Waals surface area contributed by atoms with Crippen LogP contribution in [0.2, 0.25) is 0 Å². The fourth-order valence-corrected chi connectivity index (χ4v) is 1.73. The zero-order valence-electron chi connectivity index (χ0n) is 10.1. The van der Waals surface area contributed by atoms with Gasteiger partial charge in [-0.25, -0.2) is 0 Å². The van der Waals surface area contributed by atoms with E-state index in [1.807, 2.05) is 13.8 Å². The molecule has 1 aliphatic rings. The van der Waals surface area contributed by atoms with Crippen molar-refractivity contribution < 1.29 is 9.53 Å². The second-order valence-corrected chi connectivity index (χ2v) is 4.39. The van der Waals surface area contributed by atoms with E-state index in [0.29, 0.717) is 32.1 Å². The quantitative estimate of drug-likeness (QED) is 0.665. The number of rotatable bonds is 7. The molecule has 0 heterocycles. The van der Waals surface area contributed by atoms with E-state index < -0.39 is 0 Å². The van der Waals surface area contributed by atoms with Gasteiger partial charge < -0.3 is 15.8 Å². The highest BCUT2D eigenvalue weighted by Gasteiger charge is 2.41. The topological polar surface area (TPSA) is 64.3 Å². The maximum atomic E-state index is 11.6. The fraction of sp³-hybridized carbons (Fsp3) is 0.909.